The zero-order chi connectivity index (χ0) is 67.3. The first-order valence-electron chi connectivity index (χ1n) is 36.7. The SMILES string of the molecule is CCCCCC/C=C\C=C/CCCCCCCC(=O)O[C@H](COC(=O)CCCCCCCCCCC(C)CC)COP(=O)(O)OCC(O)COP(=O)(O)OC[C@@H](COC(=O)CCCCCCCCCCC(C)C)OC(=O)CCCCCCCCCCCCC(C)C. The average Bonchev–Trinajstić information content (AvgIpc) is 3.37. The minimum absolute atomic E-state index is 0.0841. The van der Waals surface area contributed by atoms with E-state index in [9.17, 15) is 43.2 Å². The van der Waals surface area contributed by atoms with Gasteiger partial charge in [-0.3, -0.25) is 37.3 Å². The van der Waals surface area contributed by atoms with E-state index in [0.29, 0.717) is 25.7 Å². The van der Waals surface area contributed by atoms with Crippen LogP contribution in [0.3, 0.4) is 0 Å². The minimum Gasteiger partial charge on any atom is -0.462 e. The summed E-state index contributed by atoms with van der Waals surface area (Å²) in [5.41, 5.74) is 0. The number of rotatable bonds is 68. The maximum atomic E-state index is 13.0. The Bertz CT molecular complexity index is 1880. The van der Waals surface area contributed by atoms with Crippen LogP contribution >= 0.6 is 15.6 Å². The van der Waals surface area contributed by atoms with E-state index in [1.54, 1.807) is 0 Å². The van der Waals surface area contributed by atoms with E-state index < -0.39 is 97.5 Å². The van der Waals surface area contributed by atoms with Gasteiger partial charge in [0.2, 0.25) is 0 Å². The number of esters is 4. The highest BCUT2D eigenvalue weighted by atomic mass is 31.2. The van der Waals surface area contributed by atoms with Crippen molar-refractivity contribution in [3.05, 3.63) is 24.3 Å². The van der Waals surface area contributed by atoms with Crippen LogP contribution in [0.1, 0.15) is 337 Å². The number of ether oxygens (including phenoxy) is 4. The molecule has 19 heteroatoms. The van der Waals surface area contributed by atoms with Gasteiger partial charge < -0.3 is 33.8 Å². The number of hydrogen-bond donors (Lipinski definition) is 3. The Hall–Kier alpha value is -2.46. The third-order valence-corrected chi connectivity index (χ3v) is 18.3. The zero-order valence-corrected chi connectivity index (χ0v) is 60.6. The Labute approximate surface area is 554 Å². The van der Waals surface area contributed by atoms with Crippen molar-refractivity contribution >= 4 is 39.5 Å². The third-order valence-electron chi connectivity index (χ3n) is 16.4. The highest BCUT2D eigenvalue weighted by Gasteiger charge is 2.30. The van der Waals surface area contributed by atoms with Gasteiger partial charge in [-0.15, -0.1) is 0 Å². The first-order chi connectivity index (χ1) is 43.8. The van der Waals surface area contributed by atoms with Gasteiger partial charge in [-0.1, -0.05) is 285 Å². The molecule has 0 heterocycles. The summed E-state index contributed by atoms with van der Waals surface area (Å²) in [7, 11) is -9.92. The Morgan fingerprint density at radius 2 is 0.648 bits per heavy atom. The second-order valence-corrected chi connectivity index (χ2v) is 29.4. The number of phosphoric acid groups is 2. The second-order valence-electron chi connectivity index (χ2n) is 26.5. The van der Waals surface area contributed by atoms with Crippen LogP contribution in [0, 0.1) is 17.8 Å². The second kappa shape index (κ2) is 62.4. The lowest BCUT2D eigenvalue weighted by atomic mass is 9.99. The van der Waals surface area contributed by atoms with Crippen LogP contribution in [-0.2, 0) is 65.4 Å². The molecule has 6 atom stereocenters. The lowest BCUT2D eigenvalue weighted by Gasteiger charge is -2.21. The highest BCUT2D eigenvalue weighted by molar-refractivity contribution is 7.47. The van der Waals surface area contributed by atoms with Gasteiger partial charge in [0.1, 0.15) is 19.3 Å². The van der Waals surface area contributed by atoms with Gasteiger partial charge >= 0.3 is 39.5 Å². The molecular weight excluding hydrogens is 1200 g/mol. The molecule has 0 saturated carbocycles. The van der Waals surface area contributed by atoms with Gasteiger partial charge in [0.05, 0.1) is 26.4 Å². The number of carbonyl (C=O) groups is 4. The van der Waals surface area contributed by atoms with Gasteiger partial charge in [-0.05, 0) is 69.1 Å². The van der Waals surface area contributed by atoms with Gasteiger partial charge in [-0.25, -0.2) is 9.13 Å². The predicted octanol–water partition coefficient (Wildman–Crippen LogP) is 20.2. The fourth-order valence-electron chi connectivity index (χ4n) is 10.3. The van der Waals surface area contributed by atoms with Crippen LogP contribution in [0.25, 0.3) is 0 Å². The Morgan fingerprint density at radius 3 is 0.978 bits per heavy atom. The van der Waals surface area contributed by atoms with Crippen molar-refractivity contribution in [1.82, 2.24) is 0 Å². The monoisotopic (exact) mass is 1330 g/mol. The lowest BCUT2D eigenvalue weighted by molar-refractivity contribution is -0.161. The Kier molecular flexibility index (Phi) is 60.7. The van der Waals surface area contributed by atoms with E-state index in [2.05, 4.69) is 72.8 Å². The molecule has 0 spiro atoms. The van der Waals surface area contributed by atoms with Crippen molar-refractivity contribution < 1.29 is 80.2 Å². The molecule has 0 saturated heterocycles. The molecule has 4 unspecified atom stereocenters. The average molecular weight is 1340 g/mol. The zero-order valence-electron chi connectivity index (χ0n) is 58.8. The van der Waals surface area contributed by atoms with E-state index in [1.807, 2.05) is 0 Å². The quantitative estimate of drug-likeness (QED) is 0.0169. The minimum atomic E-state index is -4.96. The van der Waals surface area contributed by atoms with Crippen LogP contribution in [0.5, 0.6) is 0 Å². The largest absolute Gasteiger partial charge is 0.472 e. The van der Waals surface area contributed by atoms with E-state index >= 15 is 0 Å². The number of unbranched alkanes of at least 4 members (excludes halogenated alkanes) is 32. The maximum Gasteiger partial charge on any atom is 0.472 e. The summed E-state index contributed by atoms with van der Waals surface area (Å²) in [6.07, 6.45) is 49.3. The van der Waals surface area contributed by atoms with Crippen LogP contribution in [0.15, 0.2) is 24.3 Å². The van der Waals surface area contributed by atoms with E-state index in [-0.39, 0.29) is 25.7 Å². The molecule has 0 amide bonds. The number of aliphatic hydroxyl groups excluding tert-OH is 1. The number of carbonyl (C=O) groups excluding carboxylic acids is 4. The summed E-state index contributed by atoms with van der Waals surface area (Å²) in [5.74, 6) is 0.0944. The molecule has 0 aliphatic rings. The molecule has 0 radical (unpaired) electrons. The Balaban J connectivity index is 5.31. The number of allylic oxidation sites excluding steroid dienone is 4. The molecule has 0 aromatic carbocycles. The normalized spacial score (nSPS) is 14.6. The molecule has 17 nitrogen and oxygen atoms in total. The summed E-state index contributed by atoms with van der Waals surface area (Å²) in [6.45, 7) is 11.7. The first kappa shape index (κ1) is 88.5. The predicted molar refractivity (Wildman–Crippen MR) is 367 cm³/mol. The van der Waals surface area contributed by atoms with Gasteiger partial charge in [0.15, 0.2) is 12.2 Å². The van der Waals surface area contributed by atoms with Crippen molar-refractivity contribution in [3.63, 3.8) is 0 Å². The van der Waals surface area contributed by atoms with Gasteiger partial charge in [-0.2, -0.15) is 0 Å². The molecule has 3 N–H and O–H groups in total. The number of aliphatic hydroxyl groups is 1. The topological polar surface area (TPSA) is 237 Å². The molecular formula is C72H136O17P2. The smallest absolute Gasteiger partial charge is 0.462 e. The van der Waals surface area contributed by atoms with Crippen LogP contribution in [-0.4, -0.2) is 96.7 Å². The Morgan fingerprint density at radius 1 is 0.363 bits per heavy atom. The molecule has 0 aromatic rings. The summed E-state index contributed by atoms with van der Waals surface area (Å²) in [4.78, 5) is 72.6. The van der Waals surface area contributed by atoms with E-state index in [1.165, 1.54) is 135 Å². The van der Waals surface area contributed by atoms with Crippen molar-refractivity contribution in [2.24, 2.45) is 17.8 Å². The summed E-state index contributed by atoms with van der Waals surface area (Å²) in [5, 5.41) is 10.6. The van der Waals surface area contributed by atoms with E-state index in [4.69, 9.17) is 37.0 Å². The summed E-state index contributed by atoms with van der Waals surface area (Å²) in [6, 6.07) is 0. The highest BCUT2D eigenvalue weighted by Crippen LogP contribution is 2.45. The molecule has 0 aliphatic heterocycles. The standard InChI is InChI=1S/C72H136O17P2/c1-8-10-11-12-13-14-15-16-17-18-19-23-34-41-48-55-71(76)88-68(60-83-70(75)54-47-40-33-28-26-31-38-45-52-65(7)9-2)62-87-91(80,81)85-58-66(73)57-84-90(78,79)86-61-67(59-82-69(74)53-46-39-32-27-25-30-37-44-51-64(5)6)89-72(77)56-49-42-35-24-21-20-22-29-36-43-50-63(3)4/h14-17,63-68,73H,8-13,18-62H2,1-7H3,(H,78,79)(H,80,81)/b15-14-,17-16-/t65?,66?,67-,68-/m1/s1. The van der Waals surface area contributed by atoms with Crippen molar-refractivity contribution in [2.75, 3.05) is 39.6 Å². The maximum absolute atomic E-state index is 13.0. The molecule has 91 heavy (non-hydrogen) atoms. The van der Waals surface area contributed by atoms with Gasteiger partial charge in [0.25, 0.3) is 0 Å². The fraction of sp³-hybridized carbons (Fsp3) is 0.889. The van der Waals surface area contributed by atoms with E-state index in [0.717, 1.165) is 120 Å². The van der Waals surface area contributed by atoms with Crippen LogP contribution in [0.4, 0.5) is 0 Å². The van der Waals surface area contributed by atoms with Crippen LogP contribution < -0.4 is 0 Å². The fourth-order valence-corrected chi connectivity index (χ4v) is 11.9. The lowest BCUT2D eigenvalue weighted by Crippen LogP contribution is -2.30. The molecule has 536 valence electrons. The number of hydrogen-bond acceptors (Lipinski definition) is 15. The third kappa shape index (κ3) is 64.6. The van der Waals surface area contributed by atoms with Crippen molar-refractivity contribution in [2.45, 2.75) is 356 Å². The molecule has 0 aliphatic carbocycles. The van der Waals surface area contributed by atoms with Gasteiger partial charge in [0, 0.05) is 25.7 Å². The summed E-state index contributed by atoms with van der Waals surface area (Å²) >= 11 is 0. The van der Waals surface area contributed by atoms with Crippen LogP contribution in [0.2, 0.25) is 0 Å². The van der Waals surface area contributed by atoms with Crippen molar-refractivity contribution in [1.29, 1.82) is 0 Å². The van der Waals surface area contributed by atoms with Crippen molar-refractivity contribution in [3.8, 4) is 0 Å². The molecule has 0 aromatic heterocycles. The molecule has 0 rings (SSSR count). The molecule has 0 bridgehead atoms. The summed E-state index contributed by atoms with van der Waals surface area (Å²) < 4.78 is 68.3. The first-order valence-corrected chi connectivity index (χ1v) is 39.7. The number of phosphoric ester groups is 2. The molecule has 0 fully saturated rings.